The largest absolute Gasteiger partial charge is 0.590 e. The number of esters is 4. The van der Waals surface area contributed by atoms with Gasteiger partial charge in [-0.3, -0.25) is 4.52 Å². The summed E-state index contributed by atoms with van der Waals surface area (Å²) in [5.41, 5.74) is -0.0304. The first-order valence-electron chi connectivity index (χ1n) is 24.2. The fraction of sp³-hybridized carbons (Fsp3) is 0.119. The maximum Gasteiger partial charge on any atom is 0.590 e. The summed E-state index contributed by atoms with van der Waals surface area (Å²) < 4.78 is 98.8. The predicted molar refractivity (Wildman–Crippen MR) is 282 cm³/mol. The van der Waals surface area contributed by atoms with E-state index in [-0.39, 0.29) is 45.3 Å². The summed E-state index contributed by atoms with van der Waals surface area (Å²) in [6, 6.07) is 62.2. The summed E-state index contributed by atoms with van der Waals surface area (Å²) in [6.45, 7) is -0.973. The highest BCUT2D eigenvalue weighted by Crippen LogP contribution is 2.54. The van der Waals surface area contributed by atoms with E-state index in [1.54, 1.807) is 146 Å². The Kier molecular flexibility index (Phi) is 17.9. The molecule has 0 radical (unpaired) electrons. The minimum atomic E-state index is -5.14. The molecule has 0 aliphatic carbocycles. The van der Waals surface area contributed by atoms with Crippen LogP contribution < -0.4 is 18.1 Å². The van der Waals surface area contributed by atoms with Crippen molar-refractivity contribution in [1.29, 1.82) is 0 Å². The van der Waals surface area contributed by atoms with Gasteiger partial charge in [-0.1, -0.05) is 146 Å². The second-order valence-corrected chi connectivity index (χ2v) is 19.9. The molecule has 0 unspecified atom stereocenters. The lowest BCUT2D eigenvalue weighted by Crippen LogP contribution is -2.65. The van der Waals surface area contributed by atoms with Crippen molar-refractivity contribution in [2.75, 3.05) is 6.61 Å². The third-order valence-electron chi connectivity index (χ3n) is 11.4. The fourth-order valence-electron chi connectivity index (χ4n) is 7.75. The lowest BCUT2D eigenvalue weighted by atomic mass is 9.94. The molecule has 0 amide bonds. The number of para-hydroxylation sites is 4. The Morgan fingerprint density at radius 3 is 1.03 bits per heavy atom. The Bertz CT molecular complexity index is 3220. The molecule has 1 aliphatic rings. The normalized spacial score (nSPS) is 17.5. The van der Waals surface area contributed by atoms with Crippen molar-refractivity contribution in [3.05, 3.63) is 265 Å². The van der Waals surface area contributed by atoms with Crippen LogP contribution in [0.15, 0.2) is 243 Å². The van der Waals surface area contributed by atoms with Crippen molar-refractivity contribution >= 4 is 39.5 Å². The van der Waals surface area contributed by atoms with Gasteiger partial charge >= 0.3 is 39.5 Å². The molecule has 1 saturated heterocycles. The summed E-state index contributed by atoms with van der Waals surface area (Å²) in [6.07, 6.45) is -12.3. The first-order chi connectivity index (χ1) is 38.0. The smallest absolute Gasteiger partial charge is 0.453 e. The molecule has 0 N–H and O–H groups in total. The highest BCUT2D eigenvalue weighted by Gasteiger charge is 2.59. The number of rotatable bonds is 22. The number of carbonyl (C=O) groups excluding carboxylic acids is 4. The highest BCUT2D eigenvalue weighted by atomic mass is 31.2. The number of carbonyl (C=O) groups is 4. The van der Waals surface area contributed by atoms with Gasteiger partial charge in [-0.05, 0) is 97.1 Å². The van der Waals surface area contributed by atoms with Gasteiger partial charge in [0.1, 0.15) is 35.7 Å². The average molecular weight is 1090 g/mol. The molecule has 8 aromatic rings. The number of ether oxygens (including phenoxy) is 5. The van der Waals surface area contributed by atoms with Crippen LogP contribution >= 0.6 is 15.6 Å². The summed E-state index contributed by atoms with van der Waals surface area (Å²) in [5.74, 6) is -4.06. The van der Waals surface area contributed by atoms with Crippen LogP contribution in [0.4, 0.5) is 0 Å². The third kappa shape index (κ3) is 14.6. The van der Waals surface area contributed by atoms with E-state index < -0.39 is 82.9 Å². The second kappa shape index (κ2) is 25.8. The van der Waals surface area contributed by atoms with Crippen molar-refractivity contribution < 1.29 is 79.1 Å². The first-order valence-corrected chi connectivity index (χ1v) is 27.1. The minimum Gasteiger partial charge on any atom is -0.453 e. The number of phosphoric acid groups is 2. The lowest BCUT2D eigenvalue weighted by Gasteiger charge is -2.46. The molecule has 1 heterocycles. The van der Waals surface area contributed by atoms with Gasteiger partial charge in [0.15, 0.2) is 24.4 Å². The zero-order valence-corrected chi connectivity index (χ0v) is 42.9. The standard InChI is InChI=1S/C59H48O17P2/c60-55(42-25-9-1-10-26-42)67-50(41-66-77(64,72-46-33-17-5-18-34-46)73-47-35-19-6-20-36-47)51-52(68-56(61)43-27-11-2-12-28-43)53(69-57(62)44-29-13-3-14-30-44)54(70-58(63)45-31-15-4-16-32-45)59(71-51)76-78(65,74-48-37-21-7-22-38-48)75-49-39-23-8-24-40-49/h1-40,50-54,59H,41H2/t50-,51-,52-,53+,54+,59-/m1/s1. The SMILES string of the molecule is O=C(O[C@H]1[C@H](OC(=O)c2ccccc2)[C@@H]([C@@H](COP(=O)(Oc2ccccc2)Oc2ccccc2)OC(=O)c2ccccc2)O[C@H](OP(=O)(Oc2ccccc2)Oc2ccccc2)[C@H]1OC(=O)c1ccccc1)c1ccccc1. The molecule has 0 spiro atoms. The molecular formula is C59H48O17P2. The molecule has 0 bridgehead atoms. The van der Waals surface area contributed by atoms with E-state index in [2.05, 4.69) is 0 Å². The summed E-state index contributed by atoms with van der Waals surface area (Å²) in [4.78, 5) is 58.0. The van der Waals surface area contributed by atoms with Crippen LogP contribution in [0.25, 0.3) is 0 Å². The molecular weight excluding hydrogens is 1040 g/mol. The zero-order valence-electron chi connectivity index (χ0n) is 41.1. The molecule has 1 fully saturated rings. The molecule has 19 heteroatoms. The van der Waals surface area contributed by atoms with Gasteiger partial charge in [-0.2, -0.15) is 0 Å². The van der Waals surface area contributed by atoms with Gasteiger partial charge in [-0.15, -0.1) is 0 Å². The van der Waals surface area contributed by atoms with E-state index in [1.807, 2.05) is 0 Å². The van der Waals surface area contributed by atoms with Crippen LogP contribution in [-0.4, -0.2) is 67.3 Å². The van der Waals surface area contributed by atoms with Crippen LogP contribution in [-0.2, 0) is 41.9 Å². The summed E-state index contributed by atoms with van der Waals surface area (Å²) in [7, 11) is -10.0. The molecule has 6 atom stereocenters. The average Bonchev–Trinajstić information content (AvgIpc) is 3.47. The van der Waals surface area contributed by atoms with Crippen LogP contribution in [0, 0.1) is 0 Å². The van der Waals surface area contributed by atoms with Gasteiger partial charge in [-0.25, -0.2) is 32.8 Å². The zero-order chi connectivity index (χ0) is 54.2. The van der Waals surface area contributed by atoms with Gasteiger partial charge < -0.3 is 41.8 Å². The second-order valence-electron chi connectivity index (χ2n) is 16.9. The molecule has 78 heavy (non-hydrogen) atoms. The Labute approximate surface area is 448 Å². The maximum atomic E-state index is 15.5. The van der Waals surface area contributed by atoms with E-state index in [9.17, 15) is 19.2 Å². The van der Waals surface area contributed by atoms with E-state index in [0.717, 1.165) is 0 Å². The third-order valence-corrected chi connectivity index (χ3v) is 14.1. The Hall–Kier alpha value is -8.82. The van der Waals surface area contributed by atoms with E-state index in [1.165, 1.54) is 97.1 Å². The first kappa shape index (κ1) is 54.0. The molecule has 0 saturated carbocycles. The highest BCUT2D eigenvalue weighted by molar-refractivity contribution is 7.49. The van der Waals surface area contributed by atoms with Gasteiger partial charge in [0.2, 0.25) is 6.29 Å². The molecule has 8 aromatic carbocycles. The molecule has 0 aromatic heterocycles. The van der Waals surface area contributed by atoms with Crippen molar-refractivity contribution in [3.8, 4) is 23.0 Å². The number of hydrogen-bond acceptors (Lipinski definition) is 17. The topological polar surface area (TPSA) is 204 Å². The van der Waals surface area contributed by atoms with Gasteiger partial charge in [0.05, 0.1) is 22.3 Å². The van der Waals surface area contributed by atoms with Gasteiger partial charge in [0, 0.05) is 0 Å². The monoisotopic (exact) mass is 1090 g/mol. The Morgan fingerprint density at radius 1 is 0.372 bits per heavy atom. The van der Waals surface area contributed by atoms with Crippen molar-refractivity contribution in [2.45, 2.75) is 36.8 Å². The predicted octanol–water partition coefficient (Wildman–Crippen LogP) is 12.2. The quantitative estimate of drug-likeness (QED) is 0.0352. The van der Waals surface area contributed by atoms with Crippen LogP contribution in [0.1, 0.15) is 41.4 Å². The Morgan fingerprint density at radius 2 is 0.667 bits per heavy atom. The summed E-state index contributed by atoms with van der Waals surface area (Å²) >= 11 is 0. The van der Waals surface area contributed by atoms with Gasteiger partial charge in [0.25, 0.3) is 0 Å². The van der Waals surface area contributed by atoms with Crippen LogP contribution in [0.3, 0.4) is 0 Å². The van der Waals surface area contributed by atoms with E-state index in [4.69, 9.17) is 50.8 Å². The van der Waals surface area contributed by atoms with Crippen molar-refractivity contribution in [3.63, 3.8) is 0 Å². The lowest BCUT2D eigenvalue weighted by molar-refractivity contribution is -0.289. The fourth-order valence-corrected chi connectivity index (χ4v) is 10.3. The van der Waals surface area contributed by atoms with Crippen molar-refractivity contribution in [1.82, 2.24) is 0 Å². The molecule has 9 rings (SSSR count). The molecule has 17 nitrogen and oxygen atoms in total. The molecule has 1 aliphatic heterocycles. The number of phosphoric ester groups is 2. The number of benzene rings is 8. The van der Waals surface area contributed by atoms with E-state index >= 15 is 9.13 Å². The maximum absolute atomic E-state index is 15.5. The van der Waals surface area contributed by atoms with E-state index in [0.29, 0.717) is 0 Å². The molecule has 396 valence electrons. The Balaban J connectivity index is 1.22. The summed E-state index contributed by atoms with van der Waals surface area (Å²) in [5, 5.41) is 0. The van der Waals surface area contributed by atoms with Crippen LogP contribution in [0.5, 0.6) is 23.0 Å². The minimum absolute atomic E-state index is 0.00643. The van der Waals surface area contributed by atoms with Crippen molar-refractivity contribution in [2.24, 2.45) is 0 Å². The van der Waals surface area contributed by atoms with Crippen LogP contribution in [0.2, 0.25) is 0 Å². The number of hydrogen-bond donors (Lipinski definition) is 0.